The first-order chi connectivity index (χ1) is 14.6. The maximum absolute atomic E-state index is 13.8. The lowest BCUT2D eigenvalue weighted by molar-refractivity contribution is 0.0945. The van der Waals surface area contributed by atoms with Crippen LogP contribution in [0.1, 0.15) is 51.0 Å². The summed E-state index contributed by atoms with van der Waals surface area (Å²) in [6, 6.07) is 2.79. The van der Waals surface area contributed by atoms with Crippen LogP contribution in [0.25, 0.3) is 6.08 Å². The molecule has 1 atom stereocenters. The number of alkyl halides is 1. The monoisotopic (exact) mass is 430 g/mol. The number of carbonyl (C=O) groups is 1. The van der Waals surface area contributed by atoms with E-state index in [-0.39, 0.29) is 18.1 Å². The fraction of sp³-hybridized carbons (Fsp3) is 0.300. The van der Waals surface area contributed by atoms with Crippen molar-refractivity contribution < 1.29 is 13.6 Å². The number of nitrogens with zero attached hydrogens (tertiary/aromatic N) is 3. The molecule has 0 radical (unpaired) electrons. The van der Waals surface area contributed by atoms with Crippen LogP contribution in [-0.2, 0) is 19.5 Å². The SMILES string of the molecule is O=C(NCc1ncccc1F)c1csc(CCNCc2nc3c([nH]2)C(F)CC=C3)n1. The highest BCUT2D eigenvalue weighted by Gasteiger charge is 2.20. The molecule has 3 aromatic rings. The maximum atomic E-state index is 13.8. The van der Waals surface area contributed by atoms with Crippen molar-refractivity contribution in [1.82, 2.24) is 30.6 Å². The number of pyridine rings is 1. The zero-order valence-corrected chi connectivity index (χ0v) is 16.8. The van der Waals surface area contributed by atoms with Crippen LogP contribution >= 0.6 is 11.3 Å². The Morgan fingerprint density at radius 1 is 1.33 bits per heavy atom. The maximum Gasteiger partial charge on any atom is 0.271 e. The summed E-state index contributed by atoms with van der Waals surface area (Å²) < 4.78 is 27.4. The number of fused-ring (bicyclic) bond motifs is 1. The fourth-order valence-corrected chi connectivity index (χ4v) is 3.83. The summed E-state index contributed by atoms with van der Waals surface area (Å²) in [5.41, 5.74) is 1.67. The van der Waals surface area contributed by atoms with E-state index in [2.05, 4.69) is 30.6 Å². The number of imidazole rings is 1. The smallest absolute Gasteiger partial charge is 0.271 e. The summed E-state index contributed by atoms with van der Waals surface area (Å²) in [7, 11) is 0. The summed E-state index contributed by atoms with van der Waals surface area (Å²) in [5.74, 6) is -0.140. The zero-order valence-electron chi connectivity index (χ0n) is 16.0. The number of rotatable bonds is 8. The minimum Gasteiger partial charge on any atom is -0.345 e. The molecule has 3 aromatic heterocycles. The van der Waals surface area contributed by atoms with Crippen molar-refractivity contribution in [3.63, 3.8) is 0 Å². The van der Waals surface area contributed by atoms with Crippen LogP contribution in [0.5, 0.6) is 0 Å². The molecule has 0 spiro atoms. The van der Waals surface area contributed by atoms with Crippen LogP contribution < -0.4 is 10.6 Å². The molecule has 3 heterocycles. The standard InChI is InChI=1S/C20H20F2N6OS/c21-12-4-2-7-24-15(12)9-25-20(29)16-11-30-18(27-16)6-8-23-10-17-26-14-5-1-3-13(22)19(14)28-17/h1-2,4-5,7,11,13,23H,3,6,8-10H2,(H,25,29)(H,26,28). The predicted octanol–water partition coefficient (Wildman–Crippen LogP) is 3.09. The molecule has 0 fully saturated rings. The molecule has 0 saturated carbocycles. The van der Waals surface area contributed by atoms with Gasteiger partial charge in [-0.15, -0.1) is 11.3 Å². The third-order valence-electron chi connectivity index (χ3n) is 4.59. The van der Waals surface area contributed by atoms with Crippen LogP contribution in [-0.4, -0.2) is 32.4 Å². The van der Waals surface area contributed by atoms with Gasteiger partial charge in [0.1, 0.15) is 23.5 Å². The molecule has 4 rings (SSSR count). The summed E-state index contributed by atoms with van der Waals surface area (Å²) in [5, 5.41) is 8.35. The van der Waals surface area contributed by atoms with E-state index in [1.54, 1.807) is 11.5 Å². The normalized spacial score (nSPS) is 15.2. The second-order valence-corrected chi connectivity index (χ2v) is 7.70. The number of aromatic amines is 1. The lowest BCUT2D eigenvalue weighted by atomic mass is 10.1. The van der Waals surface area contributed by atoms with Gasteiger partial charge in [0.2, 0.25) is 0 Å². The number of hydrogen-bond acceptors (Lipinski definition) is 6. The molecule has 10 heteroatoms. The number of nitrogens with one attached hydrogen (secondary N) is 3. The van der Waals surface area contributed by atoms with Gasteiger partial charge in [-0.05, 0) is 18.2 Å². The van der Waals surface area contributed by atoms with Crippen molar-refractivity contribution in [2.75, 3.05) is 6.54 Å². The second-order valence-electron chi connectivity index (χ2n) is 6.76. The first kappa shape index (κ1) is 20.3. The van der Waals surface area contributed by atoms with Crippen molar-refractivity contribution in [2.24, 2.45) is 0 Å². The zero-order chi connectivity index (χ0) is 20.9. The van der Waals surface area contributed by atoms with Crippen molar-refractivity contribution in [3.8, 4) is 0 Å². The Morgan fingerprint density at radius 2 is 2.23 bits per heavy atom. The summed E-state index contributed by atoms with van der Waals surface area (Å²) in [4.78, 5) is 27.8. The molecule has 0 bridgehead atoms. The van der Waals surface area contributed by atoms with Gasteiger partial charge in [0.25, 0.3) is 5.91 Å². The van der Waals surface area contributed by atoms with E-state index in [1.165, 1.54) is 29.7 Å². The number of amides is 1. The number of hydrogen-bond donors (Lipinski definition) is 3. The molecule has 3 N–H and O–H groups in total. The highest BCUT2D eigenvalue weighted by molar-refractivity contribution is 7.09. The summed E-state index contributed by atoms with van der Waals surface area (Å²) >= 11 is 1.39. The first-order valence-electron chi connectivity index (χ1n) is 9.52. The van der Waals surface area contributed by atoms with E-state index in [1.807, 2.05) is 6.08 Å². The molecule has 1 aliphatic carbocycles. The van der Waals surface area contributed by atoms with Crippen LogP contribution in [0.3, 0.4) is 0 Å². The number of aromatic nitrogens is 4. The molecule has 1 unspecified atom stereocenters. The van der Waals surface area contributed by atoms with Crippen molar-refractivity contribution in [3.05, 3.63) is 69.2 Å². The Kier molecular flexibility index (Phi) is 6.24. The Labute approximate surface area is 175 Å². The van der Waals surface area contributed by atoms with E-state index < -0.39 is 12.0 Å². The molecular weight excluding hydrogens is 410 g/mol. The van der Waals surface area contributed by atoms with Gasteiger partial charge in [-0.25, -0.2) is 18.7 Å². The van der Waals surface area contributed by atoms with Gasteiger partial charge in [-0.1, -0.05) is 6.08 Å². The highest BCUT2D eigenvalue weighted by atomic mass is 32.1. The summed E-state index contributed by atoms with van der Waals surface area (Å²) in [6.45, 7) is 1.12. The average Bonchev–Trinajstić information content (AvgIpc) is 3.38. The van der Waals surface area contributed by atoms with Crippen LogP contribution in [0.4, 0.5) is 8.78 Å². The Bertz CT molecular complexity index is 1060. The van der Waals surface area contributed by atoms with E-state index in [0.29, 0.717) is 48.8 Å². The third-order valence-corrected chi connectivity index (χ3v) is 5.49. The van der Waals surface area contributed by atoms with Gasteiger partial charge in [0.15, 0.2) is 0 Å². The van der Waals surface area contributed by atoms with E-state index in [4.69, 9.17) is 0 Å². The largest absolute Gasteiger partial charge is 0.345 e. The second kappa shape index (κ2) is 9.23. The molecule has 7 nitrogen and oxygen atoms in total. The number of H-pyrrole nitrogens is 1. The van der Waals surface area contributed by atoms with Gasteiger partial charge in [0, 0.05) is 31.0 Å². The van der Waals surface area contributed by atoms with Gasteiger partial charge < -0.3 is 15.6 Å². The third kappa shape index (κ3) is 4.77. The lowest BCUT2D eigenvalue weighted by Gasteiger charge is -2.07. The fourth-order valence-electron chi connectivity index (χ4n) is 3.05. The topological polar surface area (TPSA) is 95.6 Å². The lowest BCUT2D eigenvalue weighted by Crippen LogP contribution is -2.24. The molecular formula is C20H20F2N6OS. The van der Waals surface area contributed by atoms with Crippen molar-refractivity contribution in [2.45, 2.75) is 32.1 Å². The summed E-state index contributed by atoms with van der Waals surface area (Å²) in [6.07, 6.45) is 5.07. The Morgan fingerprint density at radius 3 is 3.07 bits per heavy atom. The van der Waals surface area contributed by atoms with Crippen LogP contribution in [0, 0.1) is 5.82 Å². The van der Waals surface area contributed by atoms with Gasteiger partial charge >= 0.3 is 0 Å². The van der Waals surface area contributed by atoms with Crippen molar-refractivity contribution >= 4 is 23.3 Å². The Hall–Kier alpha value is -2.98. The molecule has 156 valence electrons. The Balaban J connectivity index is 1.22. The predicted molar refractivity (Wildman–Crippen MR) is 109 cm³/mol. The molecule has 0 aromatic carbocycles. The van der Waals surface area contributed by atoms with E-state index >= 15 is 0 Å². The van der Waals surface area contributed by atoms with Crippen molar-refractivity contribution in [1.29, 1.82) is 0 Å². The number of thiazole rings is 1. The molecule has 1 aliphatic rings. The number of carbonyl (C=O) groups excluding carboxylic acids is 1. The average molecular weight is 430 g/mol. The van der Waals surface area contributed by atoms with Gasteiger partial charge in [-0.2, -0.15) is 0 Å². The first-order valence-corrected chi connectivity index (χ1v) is 10.4. The van der Waals surface area contributed by atoms with E-state index in [0.717, 1.165) is 5.01 Å². The molecule has 1 amide bonds. The minimum atomic E-state index is -1.03. The van der Waals surface area contributed by atoms with Crippen LogP contribution in [0.15, 0.2) is 29.8 Å². The molecule has 30 heavy (non-hydrogen) atoms. The number of halogens is 2. The van der Waals surface area contributed by atoms with Gasteiger partial charge in [-0.3, -0.25) is 9.78 Å². The minimum absolute atomic E-state index is 0.00196. The molecule has 0 saturated heterocycles. The quantitative estimate of drug-likeness (QED) is 0.478. The van der Waals surface area contributed by atoms with Crippen LogP contribution in [0.2, 0.25) is 0 Å². The van der Waals surface area contributed by atoms with E-state index in [9.17, 15) is 13.6 Å². The number of allylic oxidation sites excluding steroid dienone is 1. The van der Waals surface area contributed by atoms with Gasteiger partial charge in [0.05, 0.1) is 35.2 Å². The molecule has 0 aliphatic heterocycles. The highest BCUT2D eigenvalue weighted by Crippen LogP contribution is 2.28.